The molecule has 1 aliphatic rings. The average Bonchev–Trinajstić information content (AvgIpc) is 3.19. The van der Waals surface area contributed by atoms with Crippen LogP contribution in [-0.4, -0.2) is 61.1 Å². The van der Waals surface area contributed by atoms with Crippen LogP contribution in [0.5, 0.6) is 11.6 Å². The van der Waals surface area contributed by atoms with E-state index in [1.165, 1.54) is 11.3 Å². The highest BCUT2D eigenvalue weighted by molar-refractivity contribution is 7.20. The van der Waals surface area contributed by atoms with Crippen molar-refractivity contribution in [3.63, 3.8) is 0 Å². The zero-order valence-corrected chi connectivity index (χ0v) is 20.5. The fourth-order valence-electron chi connectivity index (χ4n) is 4.16. The molecule has 1 saturated heterocycles. The second kappa shape index (κ2) is 10.4. The van der Waals surface area contributed by atoms with Gasteiger partial charge in [0.2, 0.25) is 11.8 Å². The number of fused-ring (bicyclic) bond motifs is 1. The fraction of sp³-hybridized carbons (Fsp3) is 0.417. The molecule has 34 heavy (non-hydrogen) atoms. The van der Waals surface area contributed by atoms with Gasteiger partial charge in [-0.1, -0.05) is 12.1 Å². The number of carbonyl (C=O) groups excluding carboxylic acids is 2. The Labute approximate surface area is 202 Å². The number of ether oxygens (including phenoxy) is 3. The molecule has 3 aromatic rings. The number of rotatable bonds is 7. The summed E-state index contributed by atoms with van der Waals surface area (Å²) < 4.78 is 15.9. The number of para-hydroxylation sites is 2. The van der Waals surface area contributed by atoms with E-state index >= 15 is 0 Å². The number of hydrogen-bond donors (Lipinski definition) is 1. The molecule has 3 heterocycles. The molecular weight excluding hydrogens is 456 g/mol. The maximum absolute atomic E-state index is 13.4. The van der Waals surface area contributed by atoms with E-state index in [0.717, 1.165) is 10.9 Å². The first-order valence-corrected chi connectivity index (χ1v) is 11.8. The third-order valence-corrected chi connectivity index (χ3v) is 7.16. The predicted molar refractivity (Wildman–Crippen MR) is 130 cm³/mol. The third kappa shape index (κ3) is 4.69. The summed E-state index contributed by atoms with van der Waals surface area (Å²) in [4.78, 5) is 38.2. The fourth-order valence-corrected chi connectivity index (χ4v) is 5.32. The Morgan fingerprint density at radius 2 is 1.85 bits per heavy atom. The van der Waals surface area contributed by atoms with Crippen LogP contribution in [-0.2, 0) is 16.1 Å². The van der Waals surface area contributed by atoms with Gasteiger partial charge in [0.05, 0.1) is 30.2 Å². The summed E-state index contributed by atoms with van der Waals surface area (Å²) in [6, 6.07) is 7.33. The molecule has 0 saturated carbocycles. The second-order valence-corrected chi connectivity index (χ2v) is 9.07. The Kier molecular flexibility index (Phi) is 7.28. The zero-order valence-electron chi connectivity index (χ0n) is 19.7. The summed E-state index contributed by atoms with van der Waals surface area (Å²) in [5.74, 6) is 1.29. The zero-order chi connectivity index (χ0) is 24.2. The lowest BCUT2D eigenvalue weighted by Gasteiger charge is -2.31. The summed E-state index contributed by atoms with van der Waals surface area (Å²) in [7, 11) is 4.71. The molecule has 1 aliphatic heterocycles. The normalized spacial score (nSPS) is 14.3. The molecule has 2 aromatic heterocycles. The molecule has 0 aliphatic carbocycles. The van der Waals surface area contributed by atoms with E-state index in [4.69, 9.17) is 14.2 Å². The van der Waals surface area contributed by atoms with Crippen LogP contribution in [0.15, 0.2) is 24.3 Å². The van der Waals surface area contributed by atoms with Gasteiger partial charge >= 0.3 is 0 Å². The monoisotopic (exact) mass is 484 g/mol. The second-order valence-electron chi connectivity index (χ2n) is 8.07. The topological polar surface area (TPSA) is 103 Å². The van der Waals surface area contributed by atoms with E-state index in [-0.39, 0.29) is 24.3 Å². The van der Waals surface area contributed by atoms with E-state index in [9.17, 15) is 9.59 Å². The van der Waals surface area contributed by atoms with Gasteiger partial charge in [-0.2, -0.15) is 4.98 Å². The van der Waals surface area contributed by atoms with Gasteiger partial charge in [-0.05, 0) is 37.5 Å². The average molecular weight is 485 g/mol. The highest BCUT2D eigenvalue weighted by Crippen LogP contribution is 2.36. The SMILES string of the molecule is COCc1nc(OC)c2c(C)c(C(=O)N3CCC(C(=O)Nc4ccccc4OC)CC3)sc2n1. The number of nitrogens with one attached hydrogen (secondary N) is 1. The lowest BCUT2D eigenvalue weighted by atomic mass is 9.95. The van der Waals surface area contributed by atoms with Gasteiger partial charge in [-0.3, -0.25) is 9.59 Å². The number of piperidine rings is 1. The summed E-state index contributed by atoms with van der Waals surface area (Å²) >= 11 is 1.34. The van der Waals surface area contributed by atoms with Crippen molar-refractivity contribution < 1.29 is 23.8 Å². The number of aryl methyl sites for hydroxylation is 1. The number of methoxy groups -OCH3 is 3. The number of hydrogen-bond acceptors (Lipinski definition) is 8. The Morgan fingerprint density at radius 3 is 2.53 bits per heavy atom. The molecule has 9 nitrogen and oxygen atoms in total. The molecule has 1 aromatic carbocycles. The minimum Gasteiger partial charge on any atom is -0.495 e. The summed E-state index contributed by atoms with van der Waals surface area (Å²) in [5.41, 5.74) is 1.46. The van der Waals surface area contributed by atoms with Crippen molar-refractivity contribution in [3.8, 4) is 11.6 Å². The van der Waals surface area contributed by atoms with E-state index in [1.807, 2.05) is 31.2 Å². The lowest BCUT2D eigenvalue weighted by molar-refractivity contribution is -0.121. The van der Waals surface area contributed by atoms with Crippen molar-refractivity contribution in [1.29, 1.82) is 0 Å². The molecular formula is C24H28N4O5S. The molecule has 0 bridgehead atoms. The number of aromatic nitrogens is 2. The summed E-state index contributed by atoms with van der Waals surface area (Å²) in [6.45, 7) is 3.17. The van der Waals surface area contributed by atoms with Crippen molar-refractivity contribution in [2.45, 2.75) is 26.4 Å². The molecule has 2 amide bonds. The number of amides is 2. The molecule has 1 N–H and O–H groups in total. The largest absolute Gasteiger partial charge is 0.495 e. The number of thiophene rings is 1. The quantitative estimate of drug-likeness (QED) is 0.546. The van der Waals surface area contributed by atoms with Crippen LogP contribution in [0.4, 0.5) is 5.69 Å². The number of likely N-dealkylation sites (tertiary alicyclic amines) is 1. The maximum atomic E-state index is 13.4. The van der Waals surface area contributed by atoms with Crippen LogP contribution < -0.4 is 14.8 Å². The number of carbonyl (C=O) groups is 2. The molecule has 10 heteroatoms. The molecule has 180 valence electrons. The molecule has 0 unspecified atom stereocenters. The number of nitrogens with zero attached hydrogens (tertiary/aromatic N) is 3. The van der Waals surface area contributed by atoms with E-state index in [1.54, 1.807) is 26.2 Å². The minimum atomic E-state index is -0.167. The Hall–Kier alpha value is -3.24. The summed E-state index contributed by atoms with van der Waals surface area (Å²) in [6.07, 6.45) is 1.19. The molecule has 1 fully saturated rings. The molecule has 4 rings (SSSR count). The smallest absolute Gasteiger partial charge is 0.264 e. The molecule has 0 radical (unpaired) electrons. The first-order chi connectivity index (χ1) is 16.5. The first kappa shape index (κ1) is 23.9. The van der Waals surface area contributed by atoms with Gasteiger partial charge in [0, 0.05) is 26.1 Å². The number of anilines is 1. The Bertz CT molecular complexity index is 1200. The van der Waals surface area contributed by atoms with Gasteiger partial charge in [-0.25, -0.2) is 4.98 Å². The third-order valence-electron chi connectivity index (χ3n) is 5.98. The highest BCUT2D eigenvalue weighted by atomic mass is 32.1. The van der Waals surface area contributed by atoms with E-state index in [0.29, 0.717) is 58.8 Å². The Morgan fingerprint density at radius 1 is 1.12 bits per heavy atom. The van der Waals surface area contributed by atoms with Crippen molar-refractivity contribution in [3.05, 3.63) is 40.5 Å². The maximum Gasteiger partial charge on any atom is 0.264 e. The number of benzene rings is 1. The van der Waals surface area contributed by atoms with Gasteiger partial charge in [0.15, 0.2) is 5.82 Å². The van der Waals surface area contributed by atoms with Crippen LogP contribution in [0, 0.1) is 12.8 Å². The van der Waals surface area contributed by atoms with Crippen LogP contribution in [0.2, 0.25) is 0 Å². The standard InChI is InChI=1S/C24H28N4O5S/c1-14-19-22(33-4)26-18(13-31-2)27-23(19)34-20(14)24(30)28-11-9-15(10-12-28)21(29)25-16-7-5-6-8-17(16)32-3/h5-8,15H,9-13H2,1-4H3,(H,25,29). The van der Waals surface area contributed by atoms with Crippen molar-refractivity contribution in [2.24, 2.45) is 5.92 Å². The van der Waals surface area contributed by atoms with Gasteiger partial charge < -0.3 is 24.4 Å². The predicted octanol–water partition coefficient (Wildman–Crippen LogP) is 3.65. The molecule has 0 spiro atoms. The lowest BCUT2D eigenvalue weighted by Crippen LogP contribution is -2.41. The van der Waals surface area contributed by atoms with Crippen molar-refractivity contribution in [2.75, 3.05) is 39.7 Å². The van der Waals surface area contributed by atoms with Crippen LogP contribution in [0.1, 0.15) is 33.9 Å². The van der Waals surface area contributed by atoms with Gasteiger partial charge in [0.25, 0.3) is 5.91 Å². The van der Waals surface area contributed by atoms with E-state index < -0.39 is 0 Å². The first-order valence-electron chi connectivity index (χ1n) is 11.0. The summed E-state index contributed by atoms with van der Waals surface area (Å²) in [5, 5.41) is 3.71. The van der Waals surface area contributed by atoms with Gasteiger partial charge in [-0.15, -0.1) is 11.3 Å². The molecule has 0 atom stereocenters. The highest BCUT2D eigenvalue weighted by Gasteiger charge is 2.30. The Balaban J connectivity index is 1.46. The van der Waals surface area contributed by atoms with Crippen LogP contribution in [0.3, 0.4) is 0 Å². The van der Waals surface area contributed by atoms with Crippen LogP contribution >= 0.6 is 11.3 Å². The van der Waals surface area contributed by atoms with Crippen molar-refractivity contribution in [1.82, 2.24) is 14.9 Å². The van der Waals surface area contributed by atoms with Gasteiger partial charge in [0.1, 0.15) is 17.2 Å². The minimum absolute atomic E-state index is 0.0553. The van der Waals surface area contributed by atoms with Crippen LogP contribution in [0.25, 0.3) is 10.2 Å². The van der Waals surface area contributed by atoms with Crippen molar-refractivity contribution >= 4 is 39.1 Å². The van der Waals surface area contributed by atoms with E-state index in [2.05, 4.69) is 15.3 Å².